The molecule has 3 rings (SSSR count). The highest BCUT2D eigenvalue weighted by atomic mass is 35.5. The molecule has 2 amide bonds. The molecule has 0 aliphatic carbocycles. The van der Waals surface area contributed by atoms with Gasteiger partial charge in [-0.3, -0.25) is 9.59 Å². The van der Waals surface area contributed by atoms with Crippen LogP contribution >= 0.6 is 23.2 Å². The normalized spacial score (nSPS) is 27.8. The van der Waals surface area contributed by atoms with Gasteiger partial charge in [-0.1, -0.05) is 68.8 Å². The van der Waals surface area contributed by atoms with Crippen LogP contribution in [-0.4, -0.2) is 30.6 Å². The Hall–Kier alpha value is -2.15. The maximum Gasteiger partial charge on any atom is 0.237 e. The number of alkyl halides is 1. The quantitative estimate of drug-likeness (QED) is 0.520. The van der Waals surface area contributed by atoms with Crippen LogP contribution in [0.2, 0.25) is 5.02 Å². The molecular weight excluding hydrogens is 452 g/mol. The summed E-state index contributed by atoms with van der Waals surface area (Å²) in [6, 6.07) is 4.04. The van der Waals surface area contributed by atoms with Gasteiger partial charge >= 0.3 is 0 Å². The Morgan fingerprint density at radius 3 is 2.66 bits per heavy atom. The Labute approximate surface area is 197 Å². The zero-order valence-electron chi connectivity index (χ0n) is 18.3. The number of carbonyl (C=O) groups excluding carboxylic acids is 2. The third-order valence-electron chi connectivity index (χ3n) is 6.04. The van der Waals surface area contributed by atoms with E-state index >= 15 is 0 Å². The van der Waals surface area contributed by atoms with Crippen LogP contribution in [0.5, 0.6) is 0 Å². The number of primary amides is 1. The molecule has 32 heavy (non-hydrogen) atoms. The molecule has 0 radical (unpaired) electrons. The van der Waals surface area contributed by atoms with Crippen molar-refractivity contribution in [2.75, 3.05) is 12.0 Å². The number of hydrogen-bond acceptors (Lipinski definition) is 3. The van der Waals surface area contributed by atoms with Crippen molar-refractivity contribution >= 4 is 40.7 Å². The molecule has 0 saturated carbocycles. The first-order valence-corrected chi connectivity index (χ1v) is 11.1. The first-order valence-electron chi connectivity index (χ1n) is 10.4. The molecule has 2 aliphatic rings. The lowest BCUT2D eigenvalue weighted by molar-refractivity contribution is -0.123. The summed E-state index contributed by atoms with van der Waals surface area (Å²) >= 11 is 11.9. The van der Waals surface area contributed by atoms with Crippen LogP contribution in [0, 0.1) is 11.3 Å². The minimum atomic E-state index is -1.12. The average molecular weight is 480 g/mol. The topological polar surface area (TPSA) is 84.2 Å². The van der Waals surface area contributed by atoms with Crippen molar-refractivity contribution in [2.45, 2.75) is 44.7 Å². The lowest BCUT2D eigenvalue weighted by Crippen LogP contribution is -2.50. The molecule has 4 atom stereocenters. The maximum atomic E-state index is 13.7. The Kier molecular flexibility index (Phi) is 6.89. The van der Waals surface area contributed by atoms with Crippen LogP contribution in [0.15, 0.2) is 53.6 Å². The molecule has 1 fully saturated rings. The van der Waals surface area contributed by atoms with Gasteiger partial charge in [0.25, 0.3) is 0 Å². The second kappa shape index (κ2) is 9.00. The molecule has 172 valence electrons. The van der Waals surface area contributed by atoms with E-state index in [9.17, 15) is 14.0 Å². The molecule has 0 aromatic heterocycles. The number of carbonyl (C=O) groups is 2. The van der Waals surface area contributed by atoms with Gasteiger partial charge in [0.15, 0.2) is 0 Å². The zero-order valence-corrected chi connectivity index (χ0v) is 19.9. The molecule has 5 nitrogen and oxygen atoms in total. The second-order valence-electron chi connectivity index (χ2n) is 9.54. The largest absolute Gasteiger partial charge is 0.368 e. The van der Waals surface area contributed by atoms with Gasteiger partial charge in [0.2, 0.25) is 11.8 Å². The Bertz CT molecular complexity index is 1010. The lowest BCUT2D eigenvalue weighted by Gasteiger charge is -2.37. The van der Waals surface area contributed by atoms with Crippen LogP contribution in [-0.2, 0) is 15.0 Å². The monoisotopic (exact) mass is 479 g/mol. The summed E-state index contributed by atoms with van der Waals surface area (Å²) in [5.74, 6) is -1.48. The van der Waals surface area contributed by atoms with E-state index in [0.29, 0.717) is 22.7 Å². The van der Waals surface area contributed by atoms with Crippen LogP contribution in [0.25, 0.3) is 0 Å². The van der Waals surface area contributed by atoms with Crippen LogP contribution in [0.1, 0.15) is 32.8 Å². The van der Waals surface area contributed by atoms with E-state index in [1.165, 1.54) is 6.08 Å². The molecule has 1 saturated heterocycles. The molecule has 2 heterocycles. The summed E-state index contributed by atoms with van der Waals surface area (Å²) in [7, 11) is 0. The van der Waals surface area contributed by atoms with E-state index in [1.807, 2.05) is 6.07 Å². The zero-order chi connectivity index (χ0) is 23.8. The van der Waals surface area contributed by atoms with Gasteiger partial charge in [-0.2, -0.15) is 0 Å². The number of hydrogen-bond donors (Lipinski definition) is 3. The van der Waals surface area contributed by atoms with Crippen molar-refractivity contribution in [3.63, 3.8) is 0 Å². The van der Waals surface area contributed by atoms with Crippen LogP contribution in [0.3, 0.4) is 0 Å². The minimum Gasteiger partial charge on any atom is -0.368 e. The minimum absolute atomic E-state index is 0.0315. The highest BCUT2D eigenvalue weighted by Gasteiger charge is 2.65. The van der Waals surface area contributed by atoms with Gasteiger partial charge in [-0.05, 0) is 41.2 Å². The second-order valence-corrected chi connectivity index (χ2v) is 10.5. The van der Waals surface area contributed by atoms with E-state index in [1.54, 1.807) is 24.3 Å². The molecule has 1 aromatic rings. The summed E-state index contributed by atoms with van der Waals surface area (Å²) < 4.78 is 12.7. The highest BCUT2D eigenvalue weighted by Crippen LogP contribution is 2.54. The van der Waals surface area contributed by atoms with Crippen LogP contribution < -0.4 is 16.4 Å². The predicted octanol–water partition coefficient (Wildman–Crippen LogP) is 4.61. The fourth-order valence-electron chi connectivity index (χ4n) is 4.92. The summed E-state index contributed by atoms with van der Waals surface area (Å²) in [6.07, 6.45) is 5.22. The van der Waals surface area contributed by atoms with Gasteiger partial charge in [-0.15, -0.1) is 0 Å². The first kappa shape index (κ1) is 24.5. The van der Waals surface area contributed by atoms with Crippen molar-refractivity contribution in [3.05, 3.63) is 64.2 Å². The molecular formula is C24H28Cl2FN3O2. The lowest BCUT2D eigenvalue weighted by atomic mass is 9.62. The fourth-order valence-corrected chi connectivity index (χ4v) is 5.16. The number of rotatable bonds is 6. The predicted molar refractivity (Wildman–Crippen MR) is 127 cm³/mol. The number of amides is 2. The van der Waals surface area contributed by atoms with Gasteiger partial charge in [-0.25, -0.2) is 4.39 Å². The molecule has 1 spiro atoms. The van der Waals surface area contributed by atoms with Gasteiger partial charge in [0.1, 0.15) is 12.1 Å². The van der Waals surface area contributed by atoms with Crippen molar-refractivity contribution in [1.82, 2.24) is 5.32 Å². The van der Waals surface area contributed by atoms with Crippen molar-refractivity contribution in [2.24, 2.45) is 17.1 Å². The average Bonchev–Trinajstić information content (AvgIpc) is 3.16. The molecule has 4 N–H and O–H groups in total. The third kappa shape index (κ3) is 4.36. The van der Waals surface area contributed by atoms with E-state index in [4.69, 9.17) is 28.9 Å². The number of nitrogens with two attached hydrogens (primary N) is 1. The summed E-state index contributed by atoms with van der Waals surface area (Å²) in [6.45, 7) is 9.59. The number of fused-ring (bicyclic) bond motifs is 2. The Morgan fingerprint density at radius 2 is 2.06 bits per heavy atom. The van der Waals surface area contributed by atoms with Gasteiger partial charge in [0.05, 0.1) is 6.04 Å². The maximum absolute atomic E-state index is 13.7. The molecule has 8 heteroatoms. The number of anilines is 1. The molecule has 2 aliphatic heterocycles. The van der Waals surface area contributed by atoms with E-state index in [2.05, 4.69) is 38.0 Å². The fraction of sp³-hybridized carbons (Fsp3) is 0.417. The van der Waals surface area contributed by atoms with Gasteiger partial charge < -0.3 is 16.4 Å². The van der Waals surface area contributed by atoms with E-state index in [-0.39, 0.29) is 22.4 Å². The summed E-state index contributed by atoms with van der Waals surface area (Å²) in [5.41, 5.74) is 6.38. The number of halogens is 3. The van der Waals surface area contributed by atoms with Crippen molar-refractivity contribution < 1.29 is 14.0 Å². The molecule has 0 unspecified atom stereocenters. The van der Waals surface area contributed by atoms with Crippen LogP contribution in [0.4, 0.5) is 10.1 Å². The molecule has 1 aromatic carbocycles. The smallest absolute Gasteiger partial charge is 0.237 e. The van der Waals surface area contributed by atoms with Crippen molar-refractivity contribution in [3.8, 4) is 0 Å². The number of benzene rings is 1. The highest BCUT2D eigenvalue weighted by molar-refractivity contribution is 6.31. The third-order valence-corrected chi connectivity index (χ3v) is 6.51. The molecule has 0 bridgehead atoms. The van der Waals surface area contributed by atoms with Crippen molar-refractivity contribution in [1.29, 1.82) is 0 Å². The first-order chi connectivity index (χ1) is 14.9. The Morgan fingerprint density at radius 1 is 1.38 bits per heavy atom. The summed E-state index contributed by atoms with van der Waals surface area (Å²) in [4.78, 5) is 26.2. The summed E-state index contributed by atoms with van der Waals surface area (Å²) in [5, 5.41) is 6.82. The van der Waals surface area contributed by atoms with E-state index < -0.39 is 30.0 Å². The van der Waals surface area contributed by atoms with Gasteiger partial charge in [0, 0.05) is 27.7 Å². The Balaban J connectivity index is 2.20. The SMILES string of the molecule is C=C(/C=C\C=C(\Cl)CF)[C@H]1[C@H](C(N)=O)N[C@H](CC(C)(C)C)[C@]12C(=O)Nc1cc(Cl)ccc12. The standard InChI is InChI=1S/C24H28Cl2FN3O2/c1-13(6-5-7-15(26)12-27)19-20(21(28)31)30-18(11-23(2,3)4)24(19)16-9-8-14(25)10-17(16)29-22(24)32/h5-10,18-20,30H,1,11-12H2,2-4H3,(H2,28,31)(H,29,32)/b6-5-,15-7+/t18-,19+,20-,24+/m1/s1. The van der Waals surface area contributed by atoms with E-state index in [0.717, 1.165) is 5.56 Å². The number of allylic oxidation sites excluding steroid dienone is 4. The number of nitrogens with one attached hydrogen (secondary N) is 2.